The lowest BCUT2D eigenvalue weighted by Gasteiger charge is -2.14. The Morgan fingerprint density at radius 1 is 1.04 bits per heavy atom. The van der Waals surface area contributed by atoms with Crippen molar-refractivity contribution in [1.82, 2.24) is 10.6 Å². The Kier molecular flexibility index (Phi) is 7.53. The summed E-state index contributed by atoms with van der Waals surface area (Å²) in [6.45, 7) is 0.272. The highest BCUT2D eigenvalue weighted by molar-refractivity contribution is 5.85. The standard InChI is InChI=1S/C19H19F3N2O3.ClH/c20-19(21,22)12-27-17-4-2-1-3-16(17)26-11-18(25)24-8-13-5-6-14-9-23-10-15(14)7-13;/h1-7,23H,8-12H2,(H,24,25);1H. The molecule has 2 aromatic carbocycles. The zero-order valence-corrected chi connectivity index (χ0v) is 15.7. The molecule has 0 aromatic heterocycles. The summed E-state index contributed by atoms with van der Waals surface area (Å²) in [4.78, 5) is 12.0. The highest BCUT2D eigenvalue weighted by Crippen LogP contribution is 2.28. The van der Waals surface area contributed by atoms with E-state index < -0.39 is 12.8 Å². The maximum Gasteiger partial charge on any atom is 0.422 e. The Hall–Kier alpha value is -2.45. The first-order chi connectivity index (χ1) is 12.9. The minimum Gasteiger partial charge on any atom is -0.480 e. The zero-order chi connectivity index (χ0) is 19.3. The molecule has 2 aromatic rings. The first-order valence-corrected chi connectivity index (χ1v) is 8.40. The van der Waals surface area contributed by atoms with E-state index in [1.807, 2.05) is 18.2 Å². The van der Waals surface area contributed by atoms with Crippen LogP contribution in [-0.2, 0) is 24.4 Å². The van der Waals surface area contributed by atoms with Crippen LogP contribution in [0.15, 0.2) is 42.5 Å². The minimum atomic E-state index is -4.45. The molecule has 1 aliphatic rings. The number of fused-ring (bicyclic) bond motifs is 1. The molecule has 0 aliphatic carbocycles. The minimum absolute atomic E-state index is 0. The fourth-order valence-electron chi connectivity index (χ4n) is 2.70. The predicted octanol–water partition coefficient (Wildman–Crippen LogP) is 3.35. The lowest BCUT2D eigenvalue weighted by atomic mass is 10.1. The molecule has 5 nitrogen and oxygen atoms in total. The maximum atomic E-state index is 12.3. The number of carbonyl (C=O) groups excluding carboxylic acids is 1. The number of ether oxygens (including phenoxy) is 2. The van der Waals surface area contributed by atoms with Crippen molar-refractivity contribution < 1.29 is 27.4 Å². The molecule has 0 unspecified atom stereocenters. The quantitative estimate of drug-likeness (QED) is 0.726. The second kappa shape index (κ2) is 9.66. The van der Waals surface area contributed by atoms with Crippen LogP contribution in [-0.4, -0.2) is 25.3 Å². The van der Waals surface area contributed by atoms with Crippen LogP contribution < -0.4 is 20.1 Å². The Balaban J connectivity index is 0.00000280. The molecule has 0 atom stereocenters. The molecule has 0 saturated heterocycles. The second-order valence-electron chi connectivity index (χ2n) is 6.12. The number of alkyl halides is 3. The molecule has 9 heteroatoms. The van der Waals surface area contributed by atoms with Gasteiger partial charge in [0.2, 0.25) is 0 Å². The van der Waals surface area contributed by atoms with Gasteiger partial charge in [-0.05, 0) is 28.8 Å². The molecule has 1 aliphatic heterocycles. The van der Waals surface area contributed by atoms with Crippen LogP contribution >= 0.6 is 12.4 Å². The summed E-state index contributed by atoms with van der Waals surface area (Å²) in [5, 5.41) is 5.98. The molecule has 28 heavy (non-hydrogen) atoms. The van der Waals surface area contributed by atoms with E-state index in [4.69, 9.17) is 9.47 Å². The first-order valence-electron chi connectivity index (χ1n) is 8.40. The van der Waals surface area contributed by atoms with E-state index in [1.165, 1.54) is 29.3 Å². The molecule has 1 amide bonds. The first kappa shape index (κ1) is 21.8. The molecule has 0 fully saturated rings. The number of hydrogen-bond acceptors (Lipinski definition) is 4. The van der Waals surface area contributed by atoms with Crippen LogP contribution in [0.1, 0.15) is 16.7 Å². The Labute approximate surface area is 166 Å². The van der Waals surface area contributed by atoms with E-state index in [-0.39, 0.29) is 36.4 Å². The Morgan fingerprint density at radius 3 is 2.43 bits per heavy atom. The maximum absolute atomic E-state index is 12.3. The van der Waals surface area contributed by atoms with Gasteiger partial charge >= 0.3 is 6.18 Å². The highest BCUT2D eigenvalue weighted by Gasteiger charge is 2.29. The van der Waals surface area contributed by atoms with E-state index in [9.17, 15) is 18.0 Å². The van der Waals surface area contributed by atoms with E-state index in [0.29, 0.717) is 6.54 Å². The van der Waals surface area contributed by atoms with Crippen molar-refractivity contribution in [2.24, 2.45) is 0 Å². The van der Waals surface area contributed by atoms with E-state index in [1.54, 1.807) is 6.07 Å². The fraction of sp³-hybridized carbons (Fsp3) is 0.316. The van der Waals surface area contributed by atoms with Crippen molar-refractivity contribution in [1.29, 1.82) is 0 Å². The van der Waals surface area contributed by atoms with Gasteiger partial charge < -0.3 is 20.1 Å². The number of amides is 1. The van der Waals surface area contributed by atoms with Crippen LogP contribution in [0.3, 0.4) is 0 Å². The summed E-state index contributed by atoms with van der Waals surface area (Å²) in [6.07, 6.45) is -4.45. The lowest BCUT2D eigenvalue weighted by molar-refractivity contribution is -0.153. The molecule has 0 spiro atoms. The average Bonchev–Trinajstić information content (AvgIpc) is 3.10. The van der Waals surface area contributed by atoms with Gasteiger partial charge in [-0.1, -0.05) is 30.3 Å². The van der Waals surface area contributed by atoms with Crippen molar-refractivity contribution in [2.75, 3.05) is 13.2 Å². The predicted molar refractivity (Wildman–Crippen MR) is 99.6 cm³/mol. The molecule has 0 saturated carbocycles. The van der Waals surface area contributed by atoms with Gasteiger partial charge in [-0.2, -0.15) is 13.2 Å². The second-order valence-corrected chi connectivity index (χ2v) is 6.12. The normalized spacial score (nSPS) is 12.7. The van der Waals surface area contributed by atoms with E-state index in [0.717, 1.165) is 18.7 Å². The number of para-hydroxylation sites is 2. The van der Waals surface area contributed by atoms with Crippen molar-refractivity contribution in [3.63, 3.8) is 0 Å². The average molecular weight is 417 g/mol. The summed E-state index contributed by atoms with van der Waals surface area (Å²) < 4.78 is 46.9. The van der Waals surface area contributed by atoms with Crippen LogP contribution in [0.4, 0.5) is 13.2 Å². The topological polar surface area (TPSA) is 59.6 Å². The third kappa shape index (κ3) is 6.31. The lowest BCUT2D eigenvalue weighted by Crippen LogP contribution is -2.28. The van der Waals surface area contributed by atoms with E-state index >= 15 is 0 Å². The van der Waals surface area contributed by atoms with Gasteiger partial charge in [-0.25, -0.2) is 0 Å². The monoisotopic (exact) mass is 416 g/mol. The van der Waals surface area contributed by atoms with Gasteiger partial charge in [-0.15, -0.1) is 12.4 Å². The number of nitrogens with one attached hydrogen (secondary N) is 2. The largest absolute Gasteiger partial charge is 0.480 e. The number of benzene rings is 2. The van der Waals surface area contributed by atoms with Crippen LogP contribution in [0.5, 0.6) is 11.5 Å². The summed E-state index contributed by atoms with van der Waals surface area (Å²) in [5.74, 6) is -0.353. The molecule has 2 N–H and O–H groups in total. The molecular formula is C19H20ClF3N2O3. The third-order valence-electron chi connectivity index (χ3n) is 3.99. The van der Waals surface area contributed by atoms with Crippen LogP contribution in [0, 0.1) is 0 Å². The molecule has 0 bridgehead atoms. The summed E-state index contributed by atoms with van der Waals surface area (Å²) >= 11 is 0. The summed E-state index contributed by atoms with van der Waals surface area (Å²) in [5.41, 5.74) is 3.44. The van der Waals surface area contributed by atoms with Gasteiger partial charge in [-0.3, -0.25) is 4.79 Å². The molecule has 1 heterocycles. The van der Waals surface area contributed by atoms with E-state index in [2.05, 4.69) is 10.6 Å². The fourth-order valence-corrected chi connectivity index (χ4v) is 2.70. The molecular weight excluding hydrogens is 397 g/mol. The van der Waals surface area contributed by atoms with Gasteiger partial charge in [0.15, 0.2) is 24.7 Å². The molecule has 3 rings (SSSR count). The van der Waals surface area contributed by atoms with Crippen LogP contribution in [0.2, 0.25) is 0 Å². The van der Waals surface area contributed by atoms with Gasteiger partial charge in [0.25, 0.3) is 5.91 Å². The van der Waals surface area contributed by atoms with Crippen molar-refractivity contribution in [2.45, 2.75) is 25.8 Å². The number of halogens is 4. The third-order valence-corrected chi connectivity index (χ3v) is 3.99. The Morgan fingerprint density at radius 2 is 1.71 bits per heavy atom. The van der Waals surface area contributed by atoms with Crippen molar-refractivity contribution >= 4 is 18.3 Å². The number of rotatable bonds is 7. The number of hydrogen-bond donors (Lipinski definition) is 2. The van der Waals surface area contributed by atoms with Gasteiger partial charge in [0.05, 0.1) is 0 Å². The molecule has 0 radical (unpaired) electrons. The summed E-state index contributed by atoms with van der Waals surface area (Å²) in [6, 6.07) is 11.9. The summed E-state index contributed by atoms with van der Waals surface area (Å²) in [7, 11) is 0. The SMILES string of the molecule is Cl.O=C(COc1ccccc1OCC(F)(F)F)NCc1ccc2c(c1)CNC2. The van der Waals surface area contributed by atoms with Gasteiger partial charge in [0, 0.05) is 19.6 Å². The highest BCUT2D eigenvalue weighted by atomic mass is 35.5. The van der Waals surface area contributed by atoms with Crippen LogP contribution in [0.25, 0.3) is 0 Å². The Bertz CT molecular complexity index is 815. The zero-order valence-electron chi connectivity index (χ0n) is 14.8. The molecule has 152 valence electrons. The van der Waals surface area contributed by atoms with Gasteiger partial charge in [0.1, 0.15) is 0 Å². The number of carbonyl (C=O) groups is 1. The smallest absolute Gasteiger partial charge is 0.422 e. The van der Waals surface area contributed by atoms with Crippen molar-refractivity contribution in [3.05, 3.63) is 59.2 Å². The van der Waals surface area contributed by atoms with Crippen molar-refractivity contribution in [3.8, 4) is 11.5 Å².